The molecule has 0 saturated heterocycles. The van der Waals surface area contributed by atoms with E-state index in [0.717, 1.165) is 31.6 Å². The van der Waals surface area contributed by atoms with E-state index in [2.05, 4.69) is 42.0 Å². The molecular formula is C23H31N3O2. The number of carbonyl (C=O) groups is 1. The number of anilines is 1. The Labute approximate surface area is 168 Å². The van der Waals surface area contributed by atoms with Crippen LogP contribution < -0.4 is 15.0 Å². The van der Waals surface area contributed by atoms with E-state index in [1.807, 2.05) is 36.5 Å². The molecule has 1 aliphatic rings. The van der Waals surface area contributed by atoms with E-state index in [4.69, 9.17) is 4.74 Å². The highest BCUT2D eigenvalue weighted by Crippen LogP contribution is 2.42. The van der Waals surface area contributed by atoms with Crippen LogP contribution in [-0.2, 0) is 12.0 Å². The molecule has 0 radical (unpaired) electrons. The lowest BCUT2D eigenvalue weighted by atomic mass is 9.87. The second-order valence-electron chi connectivity index (χ2n) is 8.12. The summed E-state index contributed by atoms with van der Waals surface area (Å²) < 4.78 is 5.51. The molecule has 2 aromatic rings. The van der Waals surface area contributed by atoms with Gasteiger partial charge < -0.3 is 15.0 Å². The van der Waals surface area contributed by atoms with E-state index in [9.17, 15) is 4.79 Å². The molecule has 2 heterocycles. The van der Waals surface area contributed by atoms with Crippen molar-refractivity contribution in [3.63, 3.8) is 0 Å². The Morgan fingerprint density at radius 1 is 1.21 bits per heavy atom. The number of amides is 1. The molecule has 5 heteroatoms. The third-order valence-electron chi connectivity index (χ3n) is 5.21. The highest BCUT2D eigenvalue weighted by Gasteiger charge is 2.35. The van der Waals surface area contributed by atoms with Crippen molar-refractivity contribution in [2.75, 3.05) is 18.0 Å². The zero-order valence-corrected chi connectivity index (χ0v) is 17.2. The number of benzene rings is 1. The number of hydrogen-bond acceptors (Lipinski definition) is 4. The molecule has 0 saturated carbocycles. The lowest BCUT2D eigenvalue weighted by molar-refractivity contribution is 0.200. The molecular weight excluding hydrogens is 350 g/mol. The molecule has 0 spiro atoms. The van der Waals surface area contributed by atoms with E-state index < -0.39 is 0 Å². The van der Waals surface area contributed by atoms with Crippen molar-refractivity contribution in [3.8, 4) is 5.75 Å². The number of unbranched alkanes of at least 4 members (excludes halogenated alkanes) is 3. The molecule has 1 amide bonds. The second-order valence-corrected chi connectivity index (χ2v) is 8.12. The van der Waals surface area contributed by atoms with Crippen LogP contribution in [0.15, 0.2) is 42.6 Å². The van der Waals surface area contributed by atoms with Crippen molar-refractivity contribution in [3.05, 3.63) is 53.9 Å². The summed E-state index contributed by atoms with van der Waals surface area (Å²) >= 11 is 0. The summed E-state index contributed by atoms with van der Waals surface area (Å²) in [5, 5.41) is 2.84. The number of rotatable bonds is 8. The molecule has 0 unspecified atom stereocenters. The number of fused-ring (bicyclic) bond motifs is 1. The van der Waals surface area contributed by atoms with Crippen molar-refractivity contribution < 1.29 is 9.53 Å². The summed E-state index contributed by atoms with van der Waals surface area (Å²) in [5.41, 5.74) is 3.42. The van der Waals surface area contributed by atoms with Gasteiger partial charge in [-0.05, 0) is 42.3 Å². The quantitative estimate of drug-likeness (QED) is 0.650. The zero-order chi connectivity index (χ0) is 20.0. The largest absolute Gasteiger partial charge is 0.412 e. The van der Waals surface area contributed by atoms with Crippen LogP contribution in [0, 0.1) is 0 Å². The Morgan fingerprint density at radius 3 is 2.82 bits per heavy atom. The minimum atomic E-state index is -0.377. The minimum absolute atomic E-state index is 0.0138. The van der Waals surface area contributed by atoms with E-state index in [1.54, 1.807) is 0 Å². The van der Waals surface area contributed by atoms with Crippen molar-refractivity contribution in [1.82, 2.24) is 10.3 Å². The maximum absolute atomic E-state index is 12.1. The Hall–Kier alpha value is -2.56. The highest BCUT2D eigenvalue weighted by molar-refractivity contribution is 5.72. The Morgan fingerprint density at radius 2 is 2.07 bits per heavy atom. The van der Waals surface area contributed by atoms with Crippen LogP contribution in [0.3, 0.4) is 0 Å². The summed E-state index contributed by atoms with van der Waals surface area (Å²) in [6.07, 6.45) is 5.96. The Bertz CT molecular complexity index is 790. The number of pyridine rings is 1. The number of hydrogen-bond donors (Lipinski definition) is 1. The van der Waals surface area contributed by atoms with Crippen LogP contribution in [0.5, 0.6) is 5.75 Å². The number of nitrogens with one attached hydrogen (secondary N) is 1. The van der Waals surface area contributed by atoms with Gasteiger partial charge in [-0.1, -0.05) is 46.1 Å². The highest BCUT2D eigenvalue weighted by atomic mass is 16.6. The molecule has 1 N–H and O–H groups in total. The third kappa shape index (κ3) is 5.03. The fourth-order valence-electron chi connectivity index (χ4n) is 3.76. The van der Waals surface area contributed by atoms with Crippen molar-refractivity contribution >= 4 is 11.8 Å². The van der Waals surface area contributed by atoms with Gasteiger partial charge in [0, 0.05) is 30.4 Å². The molecule has 3 rings (SSSR count). The fraction of sp³-hybridized carbons (Fsp3) is 0.478. The van der Waals surface area contributed by atoms with Crippen LogP contribution >= 0.6 is 0 Å². The first-order valence-corrected chi connectivity index (χ1v) is 10.2. The monoisotopic (exact) mass is 381 g/mol. The van der Waals surface area contributed by atoms with E-state index >= 15 is 0 Å². The smallest absolute Gasteiger partial charge is 0.410 e. The van der Waals surface area contributed by atoms with Crippen LogP contribution in [0.4, 0.5) is 10.5 Å². The normalized spacial score (nSPS) is 14.6. The fourth-order valence-corrected chi connectivity index (χ4v) is 3.76. The predicted octanol–water partition coefficient (Wildman–Crippen LogP) is 5.05. The number of carbonyl (C=O) groups excluding carboxylic acids is 1. The SMILES string of the molecule is CCCCCCNC(=O)Oc1ccc2c(c1)C(C)(C)CN2Cc1ccccn1. The average molecular weight is 382 g/mol. The lowest BCUT2D eigenvalue weighted by Gasteiger charge is -2.22. The van der Waals surface area contributed by atoms with Gasteiger partial charge in [0.25, 0.3) is 0 Å². The van der Waals surface area contributed by atoms with Crippen LogP contribution in [0.1, 0.15) is 57.7 Å². The zero-order valence-electron chi connectivity index (χ0n) is 17.2. The molecule has 0 fully saturated rings. The van der Waals surface area contributed by atoms with Crippen molar-refractivity contribution in [2.24, 2.45) is 0 Å². The summed E-state index contributed by atoms with van der Waals surface area (Å²) in [4.78, 5) is 18.9. The predicted molar refractivity (Wildman–Crippen MR) is 113 cm³/mol. The van der Waals surface area contributed by atoms with Gasteiger partial charge in [-0.2, -0.15) is 0 Å². The van der Waals surface area contributed by atoms with Gasteiger partial charge in [-0.25, -0.2) is 4.79 Å². The van der Waals surface area contributed by atoms with Crippen LogP contribution in [-0.4, -0.2) is 24.2 Å². The third-order valence-corrected chi connectivity index (χ3v) is 5.21. The average Bonchev–Trinajstić information content (AvgIpc) is 2.92. The first kappa shape index (κ1) is 20.2. The summed E-state index contributed by atoms with van der Waals surface area (Å²) in [5.74, 6) is 0.595. The standard InChI is InChI=1S/C23H31N3O2/c1-4-5-6-8-14-25-22(27)28-19-11-12-21-20(15-19)23(2,3)17-26(21)16-18-10-7-9-13-24-18/h7,9-13,15H,4-6,8,14,16-17H2,1-3H3,(H,25,27). The van der Waals surface area contributed by atoms with Gasteiger partial charge in [0.05, 0.1) is 12.2 Å². The molecule has 1 aromatic carbocycles. The maximum Gasteiger partial charge on any atom is 0.412 e. The first-order chi connectivity index (χ1) is 13.5. The molecule has 0 bridgehead atoms. The molecule has 0 atom stereocenters. The van der Waals surface area contributed by atoms with Gasteiger partial charge in [-0.15, -0.1) is 0 Å². The van der Waals surface area contributed by atoms with Crippen molar-refractivity contribution in [1.29, 1.82) is 0 Å². The summed E-state index contributed by atoms with van der Waals surface area (Å²) in [6, 6.07) is 11.9. The van der Waals surface area contributed by atoms with Crippen LogP contribution in [0.25, 0.3) is 0 Å². The first-order valence-electron chi connectivity index (χ1n) is 10.2. The van der Waals surface area contributed by atoms with Gasteiger partial charge in [0.15, 0.2) is 0 Å². The van der Waals surface area contributed by atoms with E-state index in [1.165, 1.54) is 24.1 Å². The second kappa shape index (κ2) is 9.09. The molecule has 5 nitrogen and oxygen atoms in total. The minimum Gasteiger partial charge on any atom is -0.410 e. The van der Waals surface area contributed by atoms with Crippen molar-refractivity contribution in [2.45, 2.75) is 58.4 Å². The number of ether oxygens (including phenoxy) is 1. The number of aromatic nitrogens is 1. The van der Waals surface area contributed by atoms with Gasteiger partial charge in [0.1, 0.15) is 5.75 Å². The van der Waals surface area contributed by atoms with E-state index in [-0.39, 0.29) is 11.5 Å². The Kier molecular flexibility index (Phi) is 6.55. The maximum atomic E-state index is 12.1. The van der Waals surface area contributed by atoms with Crippen LogP contribution in [0.2, 0.25) is 0 Å². The summed E-state index contributed by atoms with van der Waals surface area (Å²) in [7, 11) is 0. The number of nitrogens with zero attached hydrogens (tertiary/aromatic N) is 2. The van der Waals surface area contributed by atoms with Gasteiger partial charge in [0.2, 0.25) is 0 Å². The van der Waals surface area contributed by atoms with E-state index in [0.29, 0.717) is 12.3 Å². The molecule has 1 aromatic heterocycles. The van der Waals surface area contributed by atoms with Gasteiger partial charge >= 0.3 is 6.09 Å². The molecule has 1 aliphatic heterocycles. The Balaban J connectivity index is 1.64. The lowest BCUT2D eigenvalue weighted by Crippen LogP contribution is -2.28. The molecule has 0 aliphatic carbocycles. The topological polar surface area (TPSA) is 54.5 Å². The van der Waals surface area contributed by atoms with Gasteiger partial charge in [-0.3, -0.25) is 4.98 Å². The molecule has 150 valence electrons. The molecule has 28 heavy (non-hydrogen) atoms. The summed E-state index contributed by atoms with van der Waals surface area (Å²) in [6.45, 7) is 8.97.